The van der Waals surface area contributed by atoms with Crippen molar-refractivity contribution in [1.82, 2.24) is 5.32 Å². The van der Waals surface area contributed by atoms with Crippen LogP contribution in [0.5, 0.6) is 5.75 Å². The van der Waals surface area contributed by atoms with Gasteiger partial charge in [-0.05, 0) is 31.5 Å². The van der Waals surface area contributed by atoms with Crippen molar-refractivity contribution in [2.24, 2.45) is 0 Å². The van der Waals surface area contributed by atoms with E-state index < -0.39 is 0 Å². The molecule has 0 aromatic heterocycles. The third-order valence-corrected chi connectivity index (χ3v) is 2.31. The van der Waals surface area contributed by atoms with Crippen molar-refractivity contribution in [2.45, 2.75) is 26.0 Å². The summed E-state index contributed by atoms with van der Waals surface area (Å²) in [4.78, 5) is 0. The summed E-state index contributed by atoms with van der Waals surface area (Å²) in [5, 5.41) is 12.4. The smallest absolute Gasteiger partial charge is 0.119 e. The van der Waals surface area contributed by atoms with Crippen LogP contribution in [0.1, 0.15) is 25.5 Å². The molecule has 3 heteroatoms. The lowest BCUT2D eigenvalue weighted by Gasteiger charge is -2.16. The Balaban J connectivity index is 2.60. The Morgan fingerprint density at radius 3 is 2.73 bits per heavy atom. The summed E-state index contributed by atoms with van der Waals surface area (Å²) < 4.78 is 5.15. The van der Waals surface area contributed by atoms with Crippen LogP contribution in [-0.2, 0) is 0 Å². The number of aliphatic hydroxyl groups is 1. The van der Waals surface area contributed by atoms with E-state index >= 15 is 0 Å². The molecule has 15 heavy (non-hydrogen) atoms. The third kappa shape index (κ3) is 3.90. The van der Waals surface area contributed by atoms with Gasteiger partial charge in [0.1, 0.15) is 5.75 Å². The molecule has 0 saturated heterocycles. The van der Waals surface area contributed by atoms with Crippen LogP contribution >= 0.6 is 0 Å². The lowest BCUT2D eigenvalue weighted by atomic mass is 10.1. The number of aliphatic hydroxyl groups excluding tert-OH is 1. The van der Waals surface area contributed by atoms with Gasteiger partial charge in [-0.25, -0.2) is 0 Å². The molecule has 0 aliphatic rings. The maximum atomic E-state index is 9.16. The number of rotatable bonds is 5. The first-order valence-corrected chi connectivity index (χ1v) is 5.19. The van der Waals surface area contributed by atoms with Crippen LogP contribution < -0.4 is 10.1 Å². The SMILES string of the molecule is COc1cccc([C@@H](C)NCC(C)O)c1. The molecule has 0 heterocycles. The van der Waals surface area contributed by atoms with E-state index in [0.29, 0.717) is 6.54 Å². The van der Waals surface area contributed by atoms with Crippen molar-refractivity contribution >= 4 is 0 Å². The fraction of sp³-hybridized carbons (Fsp3) is 0.500. The number of nitrogens with one attached hydrogen (secondary N) is 1. The zero-order valence-electron chi connectivity index (χ0n) is 9.53. The molecule has 84 valence electrons. The average molecular weight is 209 g/mol. The number of methoxy groups -OCH3 is 1. The molecule has 0 spiro atoms. The summed E-state index contributed by atoms with van der Waals surface area (Å²) in [5.74, 6) is 0.859. The molecule has 1 aromatic rings. The molecule has 0 amide bonds. The van der Waals surface area contributed by atoms with Crippen LogP contribution in [0.2, 0.25) is 0 Å². The molecular formula is C12H19NO2. The summed E-state index contributed by atoms with van der Waals surface area (Å²) in [6.07, 6.45) is -0.321. The molecule has 0 aliphatic carbocycles. The first kappa shape index (κ1) is 12.0. The Morgan fingerprint density at radius 2 is 2.13 bits per heavy atom. The predicted molar refractivity (Wildman–Crippen MR) is 61.1 cm³/mol. The molecule has 0 fully saturated rings. The largest absolute Gasteiger partial charge is 0.497 e. The topological polar surface area (TPSA) is 41.5 Å². The van der Waals surface area contributed by atoms with Gasteiger partial charge in [-0.1, -0.05) is 12.1 Å². The molecule has 0 radical (unpaired) electrons. The van der Waals surface area contributed by atoms with Gasteiger partial charge in [0.05, 0.1) is 13.2 Å². The highest BCUT2D eigenvalue weighted by atomic mass is 16.5. The quantitative estimate of drug-likeness (QED) is 0.776. The average Bonchev–Trinajstić information content (AvgIpc) is 2.26. The van der Waals surface area contributed by atoms with Crippen molar-refractivity contribution in [1.29, 1.82) is 0 Å². The van der Waals surface area contributed by atoms with E-state index in [1.807, 2.05) is 24.3 Å². The normalized spacial score (nSPS) is 14.7. The van der Waals surface area contributed by atoms with Gasteiger partial charge in [-0.2, -0.15) is 0 Å². The van der Waals surface area contributed by atoms with Gasteiger partial charge in [0, 0.05) is 12.6 Å². The van der Waals surface area contributed by atoms with Gasteiger partial charge in [0.15, 0.2) is 0 Å². The van der Waals surface area contributed by atoms with Gasteiger partial charge in [0.2, 0.25) is 0 Å². The van der Waals surface area contributed by atoms with Crippen LogP contribution in [0.15, 0.2) is 24.3 Å². The van der Waals surface area contributed by atoms with Crippen LogP contribution in [0, 0.1) is 0 Å². The molecule has 2 N–H and O–H groups in total. The minimum atomic E-state index is -0.321. The van der Waals surface area contributed by atoms with Gasteiger partial charge in [0.25, 0.3) is 0 Å². The van der Waals surface area contributed by atoms with Crippen molar-refractivity contribution in [3.8, 4) is 5.75 Å². The van der Waals surface area contributed by atoms with Gasteiger partial charge < -0.3 is 15.2 Å². The second kappa shape index (κ2) is 5.73. The maximum absolute atomic E-state index is 9.16. The number of hydrogen-bond acceptors (Lipinski definition) is 3. The second-order valence-electron chi connectivity index (χ2n) is 3.76. The Hall–Kier alpha value is -1.06. The van der Waals surface area contributed by atoms with Gasteiger partial charge in [-0.3, -0.25) is 0 Å². The molecule has 0 bridgehead atoms. The van der Waals surface area contributed by atoms with Crippen molar-refractivity contribution < 1.29 is 9.84 Å². The van der Waals surface area contributed by atoms with E-state index in [9.17, 15) is 0 Å². The number of hydrogen-bond donors (Lipinski definition) is 2. The maximum Gasteiger partial charge on any atom is 0.119 e. The van der Waals surface area contributed by atoms with E-state index in [-0.39, 0.29) is 12.1 Å². The van der Waals surface area contributed by atoms with Crippen LogP contribution in [0.3, 0.4) is 0 Å². The molecular weight excluding hydrogens is 190 g/mol. The van der Waals surface area contributed by atoms with Crippen molar-refractivity contribution in [2.75, 3.05) is 13.7 Å². The fourth-order valence-electron chi connectivity index (χ4n) is 1.38. The molecule has 1 aromatic carbocycles. The first-order chi connectivity index (χ1) is 7.13. The first-order valence-electron chi connectivity index (χ1n) is 5.19. The van der Waals surface area contributed by atoms with Gasteiger partial charge >= 0.3 is 0 Å². The monoisotopic (exact) mass is 209 g/mol. The fourth-order valence-corrected chi connectivity index (χ4v) is 1.38. The number of benzene rings is 1. The minimum absolute atomic E-state index is 0.217. The summed E-state index contributed by atoms with van der Waals surface area (Å²) in [7, 11) is 1.66. The zero-order valence-corrected chi connectivity index (χ0v) is 9.53. The van der Waals surface area contributed by atoms with Crippen LogP contribution in [0.25, 0.3) is 0 Å². The van der Waals surface area contributed by atoms with Crippen molar-refractivity contribution in [3.63, 3.8) is 0 Å². The highest BCUT2D eigenvalue weighted by molar-refractivity contribution is 5.30. The standard InChI is InChI=1S/C12H19NO2/c1-9(14)8-13-10(2)11-5-4-6-12(7-11)15-3/h4-7,9-10,13-14H,8H2,1-3H3/t9?,10-/m1/s1. The highest BCUT2D eigenvalue weighted by Gasteiger charge is 2.06. The second-order valence-corrected chi connectivity index (χ2v) is 3.76. The summed E-state index contributed by atoms with van der Waals surface area (Å²) in [6, 6.07) is 8.15. The molecule has 0 saturated carbocycles. The third-order valence-electron chi connectivity index (χ3n) is 2.31. The molecule has 1 rings (SSSR count). The van der Waals surface area contributed by atoms with E-state index in [2.05, 4.69) is 12.2 Å². The van der Waals surface area contributed by atoms with E-state index in [1.165, 1.54) is 0 Å². The van der Waals surface area contributed by atoms with Crippen LogP contribution in [0.4, 0.5) is 0 Å². The van der Waals surface area contributed by atoms with Crippen molar-refractivity contribution in [3.05, 3.63) is 29.8 Å². The highest BCUT2D eigenvalue weighted by Crippen LogP contribution is 2.18. The van der Waals surface area contributed by atoms with Gasteiger partial charge in [-0.15, -0.1) is 0 Å². The van der Waals surface area contributed by atoms with E-state index in [1.54, 1.807) is 14.0 Å². The summed E-state index contributed by atoms with van der Waals surface area (Å²) in [6.45, 7) is 4.43. The predicted octanol–water partition coefficient (Wildman–Crippen LogP) is 1.73. The Bertz CT molecular complexity index is 299. The van der Waals surface area contributed by atoms with Crippen LogP contribution in [-0.4, -0.2) is 24.9 Å². The zero-order chi connectivity index (χ0) is 11.3. The minimum Gasteiger partial charge on any atom is -0.497 e. The Morgan fingerprint density at radius 1 is 1.40 bits per heavy atom. The van der Waals surface area contributed by atoms with E-state index in [4.69, 9.17) is 9.84 Å². The number of ether oxygens (including phenoxy) is 1. The Labute approximate surface area is 91.1 Å². The lowest BCUT2D eigenvalue weighted by Crippen LogP contribution is -2.27. The summed E-state index contributed by atoms with van der Waals surface area (Å²) in [5.41, 5.74) is 1.16. The molecule has 2 atom stereocenters. The molecule has 3 nitrogen and oxygen atoms in total. The Kier molecular flexibility index (Phi) is 4.59. The molecule has 1 unspecified atom stereocenters. The molecule has 0 aliphatic heterocycles. The summed E-state index contributed by atoms with van der Waals surface area (Å²) >= 11 is 0. The lowest BCUT2D eigenvalue weighted by molar-refractivity contribution is 0.187. The van der Waals surface area contributed by atoms with E-state index in [0.717, 1.165) is 11.3 Å².